The quantitative estimate of drug-likeness (QED) is 0.882. The normalized spacial score (nSPS) is 12.5. The van der Waals surface area contributed by atoms with Gasteiger partial charge in [-0.15, -0.1) is 11.3 Å². The molecule has 0 saturated heterocycles. The second kappa shape index (κ2) is 6.23. The molecule has 3 nitrogen and oxygen atoms in total. The highest BCUT2D eigenvalue weighted by Gasteiger charge is 2.15. The van der Waals surface area contributed by atoms with Crippen molar-refractivity contribution in [2.45, 2.75) is 26.4 Å². The van der Waals surface area contributed by atoms with Gasteiger partial charge in [-0.25, -0.2) is 0 Å². The zero-order chi connectivity index (χ0) is 12.1. The molecule has 1 aromatic heterocycles. The van der Waals surface area contributed by atoms with Crippen LogP contribution < -0.4 is 5.32 Å². The molecular formula is C11H17ClN2OS. The van der Waals surface area contributed by atoms with E-state index in [4.69, 9.17) is 11.6 Å². The lowest BCUT2D eigenvalue weighted by Crippen LogP contribution is -2.42. The minimum Gasteiger partial charge on any atom is -0.345 e. The van der Waals surface area contributed by atoms with Gasteiger partial charge in [0.15, 0.2) is 0 Å². The van der Waals surface area contributed by atoms with Crippen molar-refractivity contribution in [1.29, 1.82) is 0 Å². The zero-order valence-corrected chi connectivity index (χ0v) is 11.4. The minimum absolute atomic E-state index is 0.116. The second-order valence-electron chi connectivity index (χ2n) is 3.69. The van der Waals surface area contributed by atoms with Crippen LogP contribution in [0.1, 0.15) is 18.7 Å². The SMILES string of the molecule is CCN(C)C(=O)C(C)NCc1cc(Cl)cs1. The fourth-order valence-corrected chi connectivity index (χ4v) is 2.30. The van der Waals surface area contributed by atoms with Crippen molar-refractivity contribution in [3.63, 3.8) is 0 Å². The lowest BCUT2D eigenvalue weighted by molar-refractivity contribution is -0.131. The van der Waals surface area contributed by atoms with E-state index in [1.165, 1.54) is 0 Å². The Bertz CT molecular complexity index is 354. The second-order valence-corrected chi connectivity index (χ2v) is 5.12. The van der Waals surface area contributed by atoms with Crippen LogP contribution in [0, 0.1) is 0 Å². The number of carbonyl (C=O) groups is 1. The molecule has 0 aliphatic heterocycles. The van der Waals surface area contributed by atoms with E-state index in [1.54, 1.807) is 16.2 Å². The van der Waals surface area contributed by atoms with Crippen LogP contribution in [-0.2, 0) is 11.3 Å². The van der Waals surface area contributed by atoms with Crippen molar-refractivity contribution in [3.8, 4) is 0 Å². The number of halogens is 1. The maximum atomic E-state index is 11.7. The molecule has 0 aromatic carbocycles. The van der Waals surface area contributed by atoms with Gasteiger partial charge in [0.05, 0.1) is 11.1 Å². The first-order valence-electron chi connectivity index (χ1n) is 5.25. The van der Waals surface area contributed by atoms with E-state index in [9.17, 15) is 4.79 Å². The Morgan fingerprint density at radius 2 is 2.38 bits per heavy atom. The minimum atomic E-state index is -0.161. The van der Waals surface area contributed by atoms with Crippen molar-refractivity contribution in [2.75, 3.05) is 13.6 Å². The van der Waals surface area contributed by atoms with E-state index in [1.807, 2.05) is 32.3 Å². The first-order valence-corrected chi connectivity index (χ1v) is 6.51. The van der Waals surface area contributed by atoms with Crippen LogP contribution in [0.15, 0.2) is 11.4 Å². The predicted molar refractivity (Wildman–Crippen MR) is 68.9 cm³/mol. The van der Waals surface area contributed by atoms with Crippen molar-refractivity contribution < 1.29 is 4.79 Å². The molecular weight excluding hydrogens is 244 g/mol. The van der Waals surface area contributed by atoms with E-state index < -0.39 is 0 Å². The highest BCUT2D eigenvalue weighted by molar-refractivity contribution is 7.10. The average molecular weight is 261 g/mol. The fraction of sp³-hybridized carbons (Fsp3) is 0.545. The van der Waals surface area contributed by atoms with Crippen LogP contribution in [0.5, 0.6) is 0 Å². The molecule has 90 valence electrons. The molecule has 1 rings (SSSR count). The molecule has 1 amide bonds. The van der Waals surface area contributed by atoms with E-state index in [2.05, 4.69) is 5.32 Å². The van der Waals surface area contributed by atoms with Crippen molar-refractivity contribution in [3.05, 3.63) is 21.3 Å². The van der Waals surface area contributed by atoms with Crippen LogP contribution in [0.2, 0.25) is 5.02 Å². The van der Waals surface area contributed by atoms with Gasteiger partial charge in [0.2, 0.25) is 5.91 Å². The van der Waals surface area contributed by atoms with Gasteiger partial charge in [0.1, 0.15) is 0 Å². The summed E-state index contributed by atoms with van der Waals surface area (Å²) in [5.41, 5.74) is 0. The lowest BCUT2D eigenvalue weighted by Gasteiger charge is -2.20. The summed E-state index contributed by atoms with van der Waals surface area (Å²) in [6.07, 6.45) is 0. The average Bonchev–Trinajstić information content (AvgIpc) is 2.69. The number of amides is 1. The molecule has 0 spiro atoms. The molecule has 0 bridgehead atoms. The molecule has 16 heavy (non-hydrogen) atoms. The molecule has 1 N–H and O–H groups in total. The summed E-state index contributed by atoms with van der Waals surface area (Å²) in [4.78, 5) is 14.6. The van der Waals surface area contributed by atoms with Gasteiger partial charge in [0.25, 0.3) is 0 Å². The molecule has 0 radical (unpaired) electrons. The predicted octanol–water partition coefficient (Wildman–Crippen LogP) is 2.36. The number of hydrogen-bond acceptors (Lipinski definition) is 3. The van der Waals surface area contributed by atoms with E-state index in [0.717, 1.165) is 16.4 Å². The van der Waals surface area contributed by atoms with Gasteiger partial charge >= 0.3 is 0 Å². The number of carbonyl (C=O) groups excluding carboxylic acids is 1. The first kappa shape index (κ1) is 13.5. The molecule has 5 heteroatoms. The van der Waals surface area contributed by atoms with Crippen molar-refractivity contribution in [1.82, 2.24) is 10.2 Å². The number of nitrogens with one attached hydrogen (secondary N) is 1. The van der Waals surface area contributed by atoms with Crippen LogP contribution in [-0.4, -0.2) is 30.4 Å². The van der Waals surface area contributed by atoms with Crippen LogP contribution in [0.4, 0.5) is 0 Å². The summed E-state index contributed by atoms with van der Waals surface area (Å²) in [6, 6.07) is 1.76. The van der Waals surface area contributed by atoms with Gasteiger partial charge in [-0.3, -0.25) is 4.79 Å². The topological polar surface area (TPSA) is 32.3 Å². The van der Waals surface area contributed by atoms with Crippen LogP contribution in [0.3, 0.4) is 0 Å². The molecule has 0 fully saturated rings. The summed E-state index contributed by atoms with van der Waals surface area (Å²) < 4.78 is 0. The summed E-state index contributed by atoms with van der Waals surface area (Å²) in [5, 5.41) is 5.84. The summed E-state index contributed by atoms with van der Waals surface area (Å²) in [5.74, 6) is 0.116. The smallest absolute Gasteiger partial charge is 0.239 e. The number of hydrogen-bond donors (Lipinski definition) is 1. The third kappa shape index (κ3) is 3.77. The van der Waals surface area contributed by atoms with E-state index in [0.29, 0.717) is 6.54 Å². The lowest BCUT2D eigenvalue weighted by atomic mass is 10.3. The van der Waals surface area contributed by atoms with Crippen LogP contribution >= 0.6 is 22.9 Å². The summed E-state index contributed by atoms with van der Waals surface area (Å²) in [7, 11) is 1.81. The van der Waals surface area contributed by atoms with E-state index in [-0.39, 0.29) is 11.9 Å². The highest BCUT2D eigenvalue weighted by Crippen LogP contribution is 2.18. The summed E-state index contributed by atoms with van der Waals surface area (Å²) >= 11 is 7.42. The fourth-order valence-electron chi connectivity index (χ4n) is 1.27. The van der Waals surface area contributed by atoms with Crippen LogP contribution in [0.25, 0.3) is 0 Å². The molecule has 1 atom stereocenters. The monoisotopic (exact) mass is 260 g/mol. The Balaban J connectivity index is 2.40. The Morgan fingerprint density at radius 1 is 1.69 bits per heavy atom. The first-order chi connectivity index (χ1) is 7.54. The Hall–Kier alpha value is -0.580. The van der Waals surface area contributed by atoms with Gasteiger partial charge in [-0.2, -0.15) is 0 Å². The van der Waals surface area contributed by atoms with Crippen molar-refractivity contribution >= 4 is 28.8 Å². The Morgan fingerprint density at radius 3 is 2.88 bits per heavy atom. The standard InChI is InChI=1S/C11H17ClN2OS/c1-4-14(3)11(15)8(2)13-6-10-5-9(12)7-16-10/h5,7-8,13H,4,6H2,1-3H3. The molecule has 1 unspecified atom stereocenters. The largest absolute Gasteiger partial charge is 0.345 e. The number of likely N-dealkylation sites (N-methyl/N-ethyl adjacent to an activating group) is 1. The third-order valence-corrected chi connectivity index (χ3v) is 3.71. The third-order valence-electron chi connectivity index (χ3n) is 2.43. The molecule has 1 aromatic rings. The molecule has 0 aliphatic rings. The number of thiophene rings is 1. The highest BCUT2D eigenvalue weighted by atomic mass is 35.5. The molecule has 0 saturated carbocycles. The van der Waals surface area contributed by atoms with Gasteiger partial charge in [-0.05, 0) is 19.9 Å². The van der Waals surface area contributed by atoms with Gasteiger partial charge in [0, 0.05) is 30.4 Å². The maximum absolute atomic E-state index is 11.7. The maximum Gasteiger partial charge on any atom is 0.239 e. The number of nitrogens with zero attached hydrogens (tertiary/aromatic N) is 1. The van der Waals surface area contributed by atoms with Crippen molar-refractivity contribution in [2.24, 2.45) is 0 Å². The van der Waals surface area contributed by atoms with Gasteiger partial charge in [-0.1, -0.05) is 11.6 Å². The summed E-state index contributed by atoms with van der Waals surface area (Å²) in [6.45, 7) is 5.25. The Labute approximate surface area is 105 Å². The zero-order valence-electron chi connectivity index (χ0n) is 9.79. The molecule has 1 heterocycles. The number of rotatable bonds is 5. The Kier molecular flexibility index (Phi) is 5.25. The van der Waals surface area contributed by atoms with E-state index >= 15 is 0 Å². The van der Waals surface area contributed by atoms with Gasteiger partial charge < -0.3 is 10.2 Å². The molecule has 0 aliphatic carbocycles.